The Labute approximate surface area is 166 Å². The van der Waals surface area contributed by atoms with Crippen molar-refractivity contribution in [2.45, 2.75) is 38.5 Å². The number of aromatic nitrogens is 3. The predicted molar refractivity (Wildman–Crippen MR) is 101 cm³/mol. The van der Waals surface area contributed by atoms with Gasteiger partial charge in [0.25, 0.3) is 0 Å². The second-order valence-electron chi connectivity index (χ2n) is 7.80. The summed E-state index contributed by atoms with van der Waals surface area (Å²) in [6.45, 7) is 4.30. The number of hydrogen-bond donors (Lipinski definition) is 3. The van der Waals surface area contributed by atoms with Crippen LogP contribution in [-0.2, 0) is 20.7 Å². The number of carbonyl (C=O) groups excluding carboxylic acids is 3. The number of fused-ring (bicyclic) bond motifs is 4. The summed E-state index contributed by atoms with van der Waals surface area (Å²) < 4.78 is 5.98. The molecule has 10 heteroatoms. The van der Waals surface area contributed by atoms with Crippen molar-refractivity contribution in [3.8, 4) is 11.4 Å². The lowest BCUT2D eigenvalue weighted by molar-refractivity contribution is -0.153. The lowest BCUT2D eigenvalue weighted by atomic mass is 9.67. The van der Waals surface area contributed by atoms with Crippen LogP contribution in [0.4, 0.5) is 10.5 Å². The largest absolute Gasteiger partial charge is 0.372 e. The fourth-order valence-electron chi connectivity index (χ4n) is 4.88. The molecule has 5 heterocycles. The highest BCUT2D eigenvalue weighted by Gasteiger charge is 2.62. The maximum absolute atomic E-state index is 13.1. The number of morpholine rings is 1. The smallest absolute Gasteiger partial charge is 0.328 e. The zero-order valence-corrected chi connectivity index (χ0v) is 15.9. The van der Waals surface area contributed by atoms with Crippen molar-refractivity contribution in [1.29, 1.82) is 0 Å². The Balaban J connectivity index is 1.69. The summed E-state index contributed by atoms with van der Waals surface area (Å²) in [6, 6.07) is 2.31. The van der Waals surface area contributed by atoms with Crippen LogP contribution in [0.1, 0.15) is 19.4 Å². The molecule has 5 rings (SSSR count). The standard InChI is InChI=1S/C19H20N6O4/c1-9-8-25-14-7-20-13(12-3-4-21-24-12)5-11(14)6-19(15(25)10(2)29-9)16(26)22-18(28)23-17(19)27/h3-5,7,9-10,15H,6,8H2,1-2H3,(H,21,24)(H2,22,23,26,27,28)/t9-,10+,15-/m1/s1. The number of imide groups is 2. The van der Waals surface area contributed by atoms with Crippen LogP contribution >= 0.6 is 0 Å². The number of H-pyrrole nitrogens is 1. The van der Waals surface area contributed by atoms with E-state index in [2.05, 4.69) is 25.8 Å². The quantitative estimate of drug-likeness (QED) is 0.594. The predicted octanol–water partition coefficient (Wildman–Crippen LogP) is 0.362. The molecule has 150 valence electrons. The molecule has 3 aliphatic rings. The first-order chi connectivity index (χ1) is 13.9. The third-order valence-electron chi connectivity index (χ3n) is 5.97. The van der Waals surface area contributed by atoms with Gasteiger partial charge in [-0.05, 0) is 31.5 Å². The summed E-state index contributed by atoms with van der Waals surface area (Å²) in [6.07, 6.45) is 3.05. The summed E-state index contributed by atoms with van der Waals surface area (Å²) in [5.41, 5.74) is 1.59. The number of nitrogens with zero attached hydrogens (tertiary/aromatic N) is 3. The minimum absolute atomic E-state index is 0.0899. The molecule has 3 atom stereocenters. The first kappa shape index (κ1) is 17.8. The molecule has 4 amide bonds. The molecule has 3 N–H and O–H groups in total. The van der Waals surface area contributed by atoms with E-state index in [1.54, 1.807) is 18.5 Å². The van der Waals surface area contributed by atoms with Crippen LogP contribution in [0, 0.1) is 5.41 Å². The molecule has 2 aromatic heterocycles. The number of rotatable bonds is 1. The van der Waals surface area contributed by atoms with Crippen molar-refractivity contribution in [2.24, 2.45) is 5.41 Å². The monoisotopic (exact) mass is 396 g/mol. The number of hydrogen-bond acceptors (Lipinski definition) is 7. The number of pyridine rings is 1. The van der Waals surface area contributed by atoms with E-state index in [0.29, 0.717) is 12.2 Å². The Bertz CT molecular complexity index is 1000. The van der Waals surface area contributed by atoms with Crippen LogP contribution in [0.5, 0.6) is 0 Å². The van der Waals surface area contributed by atoms with Crippen molar-refractivity contribution in [3.63, 3.8) is 0 Å². The van der Waals surface area contributed by atoms with Gasteiger partial charge in [0.05, 0.1) is 41.5 Å². The molecule has 2 aromatic rings. The van der Waals surface area contributed by atoms with Crippen LogP contribution < -0.4 is 15.5 Å². The van der Waals surface area contributed by atoms with E-state index in [9.17, 15) is 14.4 Å². The number of nitrogens with one attached hydrogen (secondary N) is 3. The average Bonchev–Trinajstić information content (AvgIpc) is 3.20. The fourth-order valence-corrected chi connectivity index (χ4v) is 4.88. The number of amides is 4. The molecule has 1 spiro atoms. The van der Waals surface area contributed by atoms with Crippen molar-refractivity contribution >= 4 is 23.5 Å². The number of anilines is 1. The van der Waals surface area contributed by atoms with Gasteiger partial charge in [-0.1, -0.05) is 0 Å². The van der Waals surface area contributed by atoms with E-state index in [1.807, 2.05) is 24.8 Å². The summed E-state index contributed by atoms with van der Waals surface area (Å²) in [7, 11) is 0. The van der Waals surface area contributed by atoms with Crippen LogP contribution in [0.2, 0.25) is 0 Å². The van der Waals surface area contributed by atoms with Gasteiger partial charge in [0.15, 0.2) is 5.41 Å². The molecule has 10 nitrogen and oxygen atoms in total. The van der Waals surface area contributed by atoms with Crippen molar-refractivity contribution in [3.05, 3.63) is 30.1 Å². The van der Waals surface area contributed by atoms with Gasteiger partial charge in [0, 0.05) is 19.2 Å². The van der Waals surface area contributed by atoms with Crippen molar-refractivity contribution < 1.29 is 19.1 Å². The summed E-state index contributed by atoms with van der Waals surface area (Å²) >= 11 is 0. The van der Waals surface area contributed by atoms with E-state index in [1.165, 1.54) is 0 Å². The maximum Gasteiger partial charge on any atom is 0.328 e. The van der Waals surface area contributed by atoms with Gasteiger partial charge in [-0.15, -0.1) is 0 Å². The maximum atomic E-state index is 13.1. The molecule has 0 aliphatic carbocycles. The SMILES string of the molecule is C[C@@H]1CN2c3cnc(-c4ccn[nH]4)cc3CC3(C(=O)NC(=O)NC3=O)[C@H]2[C@H](C)O1. The number of urea groups is 1. The molecular weight excluding hydrogens is 376 g/mol. The number of carbonyl (C=O) groups is 3. The van der Waals surface area contributed by atoms with Gasteiger partial charge in [-0.3, -0.25) is 30.3 Å². The Kier molecular flexibility index (Phi) is 3.75. The van der Waals surface area contributed by atoms with E-state index >= 15 is 0 Å². The first-order valence-electron chi connectivity index (χ1n) is 9.48. The molecule has 2 saturated heterocycles. The van der Waals surface area contributed by atoms with Crippen LogP contribution in [0.15, 0.2) is 24.5 Å². The molecule has 0 saturated carbocycles. The lowest BCUT2D eigenvalue weighted by Gasteiger charge is -2.55. The Morgan fingerprint density at radius 3 is 2.66 bits per heavy atom. The van der Waals surface area contributed by atoms with Crippen LogP contribution in [0.25, 0.3) is 11.4 Å². The topological polar surface area (TPSA) is 129 Å². The van der Waals surface area contributed by atoms with Gasteiger partial charge in [0.1, 0.15) is 0 Å². The summed E-state index contributed by atoms with van der Waals surface area (Å²) in [5, 5.41) is 11.4. The summed E-state index contributed by atoms with van der Waals surface area (Å²) in [4.78, 5) is 44.5. The van der Waals surface area contributed by atoms with Gasteiger partial charge < -0.3 is 9.64 Å². The molecule has 0 bridgehead atoms. The third kappa shape index (κ3) is 2.48. The number of ether oxygens (including phenoxy) is 1. The first-order valence-corrected chi connectivity index (χ1v) is 9.48. The number of aromatic amines is 1. The Morgan fingerprint density at radius 2 is 1.97 bits per heavy atom. The van der Waals surface area contributed by atoms with Crippen molar-refractivity contribution in [2.75, 3.05) is 11.4 Å². The highest BCUT2D eigenvalue weighted by atomic mass is 16.5. The van der Waals surface area contributed by atoms with E-state index < -0.39 is 35.4 Å². The highest BCUT2D eigenvalue weighted by molar-refractivity contribution is 6.20. The third-order valence-corrected chi connectivity index (χ3v) is 5.97. The Morgan fingerprint density at radius 1 is 1.21 bits per heavy atom. The van der Waals surface area contributed by atoms with Gasteiger partial charge in [0.2, 0.25) is 11.8 Å². The molecule has 0 aromatic carbocycles. The molecule has 3 aliphatic heterocycles. The summed E-state index contributed by atoms with van der Waals surface area (Å²) in [5.74, 6) is -1.20. The van der Waals surface area contributed by atoms with Gasteiger partial charge in [-0.25, -0.2) is 4.79 Å². The van der Waals surface area contributed by atoms with Gasteiger partial charge >= 0.3 is 6.03 Å². The van der Waals surface area contributed by atoms with Crippen LogP contribution in [0.3, 0.4) is 0 Å². The van der Waals surface area contributed by atoms with Gasteiger partial charge in [-0.2, -0.15) is 5.10 Å². The minimum atomic E-state index is -1.48. The highest BCUT2D eigenvalue weighted by Crippen LogP contribution is 2.46. The second kappa shape index (κ2) is 6.11. The minimum Gasteiger partial charge on any atom is -0.372 e. The average molecular weight is 396 g/mol. The van der Waals surface area contributed by atoms with E-state index in [0.717, 1.165) is 16.9 Å². The lowest BCUT2D eigenvalue weighted by Crippen LogP contribution is -2.75. The zero-order valence-electron chi connectivity index (χ0n) is 15.9. The second-order valence-corrected chi connectivity index (χ2v) is 7.80. The molecule has 29 heavy (non-hydrogen) atoms. The Hall–Kier alpha value is -3.27. The number of barbiturate groups is 1. The molecule has 0 radical (unpaired) electrons. The fraction of sp³-hybridized carbons (Fsp3) is 0.421. The van der Waals surface area contributed by atoms with E-state index in [4.69, 9.17) is 4.74 Å². The normalized spacial score (nSPS) is 27.9. The van der Waals surface area contributed by atoms with Crippen molar-refractivity contribution in [1.82, 2.24) is 25.8 Å². The zero-order chi connectivity index (χ0) is 20.3. The molecule has 0 unspecified atom stereocenters. The van der Waals surface area contributed by atoms with Crippen LogP contribution in [-0.4, -0.2) is 57.8 Å². The van der Waals surface area contributed by atoms with E-state index in [-0.39, 0.29) is 12.5 Å². The molecular formula is C19H20N6O4. The molecule has 2 fully saturated rings.